The molecular weight excluding hydrogens is 244 g/mol. The highest BCUT2D eigenvalue weighted by Gasteiger charge is 2.27. The van der Waals surface area contributed by atoms with E-state index in [1.54, 1.807) is 17.4 Å². The zero-order valence-electron chi connectivity index (χ0n) is 11.8. The molecule has 19 heavy (non-hydrogen) atoms. The van der Waals surface area contributed by atoms with Gasteiger partial charge in [0.1, 0.15) is 5.60 Å². The molecule has 0 saturated carbocycles. The third kappa shape index (κ3) is 4.24. The van der Waals surface area contributed by atoms with E-state index in [4.69, 9.17) is 4.74 Å². The number of hydrogen-bond donors (Lipinski definition) is 1. The SMILES string of the molecule is CC(C)(C)OC(=O)N1CCNC(Cn2ccnc2)C1. The quantitative estimate of drug-likeness (QED) is 0.870. The molecule has 1 fully saturated rings. The second-order valence-electron chi connectivity index (χ2n) is 5.84. The molecule has 1 aromatic heterocycles. The summed E-state index contributed by atoms with van der Waals surface area (Å²) in [6.45, 7) is 8.60. The smallest absolute Gasteiger partial charge is 0.410 e. The average molecular weight is 266 g/mol. The van der Waals surface area contributed by atoms with E-state index in [2.05, 4.69) is 10.3 Å². The van der Waals surface area contributed by atoms with Gasteiger partial charge in [0.05, 0.1) is 6.33 Å². The summed E-state index contributed by atoms with van der Waals surface area (Å²) in [5.74, 6) is 0. The van der Waals surface area contributed by atoms with Gasteiger partial charge in [0, 0.05) is 44.6 Å². The van der Waals surface area contributed by atoms with Crippen molar-refractivity contribution in [3.05, 3.63) is 18.7 Å². The number of nitrogens with one attached hydrogen (secondary N) is 1. The molecule has 1 saturated heterocycles. The third-order valence-electron chi connectivity index (χ3n) is 2.90. The van der Waals surface area contributed by atoms with Gasteiger partial charge in [-0.05, 0) is 20.8 Å². The molecule has 1 aliphatic heterocycles. The molecule has 0 bridgehead atoms. The van der Waals surface area contributed by atoms with Gasteiger partial charge in [0.25, 0.3) is 0 Å². The van der Waals surface area contributed by atoms with Crippen molar-refractivity contribution in [2.75, 3.05) is 19.6 Å². The first kappa shape index (κ1) is 13.9. The summed E-state index contributed by atoms with van der Waals surface area (Å²) in [6, 6.07) is 0.232. The zero-order valence-corrected chi connectivity index (χ0v) is 11.8. The first-order valence-electron chi connectivity index (χ1n) is 6.61. The first-order valence-corrected chi connectivity index (χ1v) is 6.61. The molecule has 1 unspecified atom stereocenters. The Kier molecular flexibility index (Phi) is 4.09. The van der Waals surface area contributed by atoms with Crippen molar-refractivity contribution >= 4 is 6.09 Å². The molecule has 0 radical (unpaired) electrons. The van der Waals surface area contributed by atoms with Crippen molar-refractivity contribution in [3.63, 3.8) is 0 Å². The van der Waals surface area contributed by atoms with Crippen LogP contribution in [0.25, 0.3) is 0 Å². The summed E-state index contributed by atoms with van der Waals surface area (Å²) in [6.07, 6.45) is 5.24. The fourth-order valence-electron chi connectivity index (χ4n) is 2.09. The minimum atomic E-state index is -0.443. The van der Waals surface area contributed by atoms with Crippen LogP contribution in [0.3, 0.4) is 0 Å². The van der Waals surface area contributed by atoms with Crippen LogP contribution >= 0.6 is 0 Å². The van der Waals surface area contributed by atoms with E-state index < -0.39 is 5.60 Å². The van der Waals surface area contributed by atoms with Gasteiger partial charge >= 0.3 is 6.09 Å². The van der Waals surface area contributed by atoms with Gasteiger partial charge in [0.15, 0.2) is 0 Å². The molecule has 1 aromatic rings. The van der Waals surface area contributed by atoms with Crippen LogP contribution in [0.5, 0.6) is 0 Å². The number of imidazole rings is 1. The Morgan fingerprint density at radius 2 is 2.32 bits per heavy atom. The lowest BCUT2D eigenvalue weighted by atomic mass is 10.2. The molecule has 0 aromatic carbocycles. The standard InChI is InChI=1S/C13H22N4O2/c1-13(2,3)19-12(18)17-7-5-15-11(9-17)8-16-6-4-14-10-16/h4,6,10-11,15H,5,7-9H2,1-3H3. The Hall–Kier alpha value is -1.56. The van der Waals surface area contributed by atoms with Crippen LogP contribution in [0.15, 0.2) is 18.7 Å². The predicted octanol–water partition coefficient (Wildman–Crippen LogP) is 1.09. The Morgan fingerprint density at radius 1 is 1.53 bits per heavy atom. The molecule has 0 aliphatic carbocycles. The molecule has 2 heterocycles. The Balaban J connectivity index is 1.88. The van der Waals surface area contributed by atoms with E-state index >= 15 is 0 Å². The molecule has 1 atom stereocenters. The molecule has 1 aliphatic rings. The minimum Gasteiger partial charge on any atom is -0.444 e. The van der Waals surface area contributed by atoms with E-state index in [0.717, 1.165) is 13.1 Å². The van der Waals surface area contributed by atoms with E-state index in [1.807, 2.05) is 31.5 Å². The van der Waals surface area contributed by atoms with Gasteiger partial charge in [-0.15, -0.1) is 0 Å². The van der Waals surface area contributed by atoms with Crippen LogP contribution in [0, 0.1) is 0 Å². The number of aromatic nitrogens is 2. The topological polar surface area (TPSA) is 59.4 Å². The van der Waals surface area contributed by atoms with Crippen molar-refractivity contribution in [1.29, 1.82) is 0 Å². The Labute approximate surface area is 113 Å². The van der Waals surface area contributed by atoms with Crippen molar-refractivity contribution in [2.24, 2.45) is 0 Å². The number of rotatable bonds is 2. The monoisotopic (exact) mass is 266 g/mol. The number of nitrogens with zero attached hydrogens (tertiary/aromatic N) is 3. The lowest BCUT2D eigenvalue weighted by molar-refractivity contribution is 0.0189. The Morgan fingerprint density at radius 3 is 2.95 bits per heavy atom. The van der Waals surface area contributed by atoms with Gasteiger partial charge in [-0.1, -0.05) is 0 Å². The lowest BCUT2D eigenvalue weighted by Gasteiger charge is -2.35. The minimum absolute atomic E-state index is 0.232. The van der Waals surface area contributed by atoms with Crippen LogP contribution < -0.4 is 5.32 Å². The lowest BCUT2D eigenvalue weighted by Crippen LogP contribution is -2.54. The van der Waals surface area contributed by atoms with Gasteiger partial charge in [-0.2, -0.15) is 0 Å². The van der Waals surface area contributed by atoms with Crippen molar-refractivity contribution in [3.8, 4) is 0 Å². The molecule has 6 nitrogen and oxygen atoms in total. The maximum Gasteiger partial charge on any atom is 0.410 e. The van der Waals surface area contributed by atoms with E-state index in [1.165, 1.54) is 0 Å². The fourth-order valence-corrected chi connectivity index (χ4v) is 2.09. The molecule has 0 spiro atoms. The van der Waals surface area contributed by atoms with Crippen molar-refractivity contribution < 1.29 is 9.53 Å². The maximum absolute atomic E-state index is 12.0. The Bertz CT molecular complexity index is 411. The summed E-state index contributed by atoms with van der Waals surface area (Å²) in [4.78, 5) is 17.8. The van der Waals surface area contributed by atoms with Gasteiger partial charge in [-0.25, -0.2) is 9.78 Å². The number of carbonyl (C=O) groups is 1. The van der Waals surface area contributed by atoms with Crippen LogP contribution in [-0.4, -0.2) is 51.8 Å². The first-order chi connectivity index (χ1) is 8.94. The molecule has 2 rings (SSSR count). The largest absolute Gasteiger partial charge is 0.444 e. The second kappa shape index (κ2) is 5.61. The number of piperazine rings is 1. The highest BCUT2D eigenvalue weighted by atomic mass is 16.6. The van der Waals surface area contributed by atoms with Crippen molar-refractivity contribution in [2.45, 2.75) is 39.0 Å². The highest BCUT2D eigenvalue weighted by Crippen LogP contribution is 2.11. The fraction of sp³-hybridized carbons (Fsp3) is 0.692. The van der Waals surface area contributed by atoms with Gasteiger partial charge in [-0.3, -0.25) is 0 Å². The summed E-state index contributed by atoms with van der Waals surface area (Å²) in [7, 11) is 0. The number of carbonyl (C=O) groups excluding carboxylic acids is 1. The van der Waals surface area contributed by atoms with Crippen LogP contribution in [0.2, 0.25) is 0 Å². The second-order valence-corrected chi connectivity index (χ2v) is 5.84. The number of ether oxygens (including phenoxy) is 1. The summed E-state index contributed by atoms with van der Waals surface area (Å²) >= 11 is 0. The number of hydrogen-bond acceptors (Lipinski definition) is 4. The summed E-state index contributed by atoms with van der Waals surface area (Å²) in [5, 5.41) is 3.41. The average Bonchev–Trinajstić information content (AvgIpc) is 2.80. The van der Waals surface area contributed by atoms with Crippen molar-refractivity contribution in [1.82, 2.24) is 19.8 Å². The maximum atomic E-state index is 12.0. The summed E-state index contributed by atoms with van der Waals surface area (Å²) < 4.78 is 7.41. The van der Waals surface area contributed by atoms with Gasteiger partial charge in [0.2, 0.25) is 0 Å². The third-order valence-corrected chi connectivity index (χ3v) is 2.90. The van der Waals surface area contributed by atoms with Gasteiger partial charge < -0.3 is 19.5 Å². The normalized spacial score (nSPS) is 20.4. The van der Waals surface area contributed by atoms with E-state index in [0.29, 0.717) is 13.1 Å². The predicted molar refractivity (Wildman–Crippen MR) is 71.8 cm³/mol. The molecule has 6 heteroatoms. The van der Waals surface area contributed by atoms with Crippen LogP contribution in [0.1, 0.15) is 20.8 Å². The van der Waals surface area contributed by atoms with E-state index in [9.17, 15) is 4.79 Å². The molecule has 1 amide bonds. The zero-order chi connectivity index (χ0) is 13.9. The van der Waals surface area contributed by atoms with Crippen LogP contribution in [-0.2, 0) is 11.3 Å². The highest BCUT2D eigenvalue weighted by molar-refractivity contribution is 5.68. The van der Waals surface area contributed by atoms with E-state index in [-0.39, 0.29) is 12.1 Å². The molecule has 106 valence electrons. The number of amides is 1. The molecular formula is C13H22N4O2. The summed E-state index contributed by atoms with van der Waals surface area (Å²) in [5.41, 5.74) is -0.443. The van der Waals surface area contributed by atoms with Crippen LogP contribution in [0.4, 0.5) is 4.79 Å². The molecule has 1 N–H and O–H groups in total.